The van der Waals surface area contributed by atoms with E-state index in [0.29, 0.717) is 19.0 Å². The number of hydrogen-bond donors (Lipinski definition) is 2. The molecular weight excluding hydrogens is 256 g/mol. The van der Waals surface area contributed by atoms with Gasteiger partial charge in [-0.2, -0.15) is 0 Å². The van der Waals surface area contributed by atoms with Crippen LogP contribution in [0.15, 0.2) is 0 Å². The molecule has 6 heteroatoms. The standard InChI is InChI=1S/C14H26N4O2/c1-10-4-6-17(8-12(10)15)9-13(19)18-5-2-3-11(7-18)14(16)20/h10-12H,2-9,15H2,1H3,(H2,16,20). The van der Waals surface area contributed by atoms with Crippen LogP contribution in [0.25, 0.3) is 0 Å². The van der Waals surface area contributed by atoms with Crippen LogP contribution in [0.5, 0.6) is 0 Å². The van der Waals surface area contributed by atoms with E-state index >= 15 is 0 Å². The number of rotatable bonds is 3. The van der Waals surface area contributed by atoms with Gasteiger partial charge in [-0.25, -0.2) is 0 Å². The molecule has 0 aromatic rings. The lowest BCUT2D eigenvalue weighted by Gasteiger charge is -2.37. The molecule has 0 aromatic carbocycles. The molecule has 114 valence electrons. The van der Waals surface area contributed by atoms with Crippen LogP contribution in [-0.2, 0) is 9.59 Å². The zero-order valence-electron chi connectivity index (χ0n) is 12.3. The van der Waals surface area contributed by atoms with Crippen LogP contribution >= 0.6 is 0 Å². The number of likely N-dealkylation sites (tertiary alicyclic amines) is 2. The van der Waals surface area contributed by atoms with Gasteiger partial charge in [-0.1, -0.05) is 6.92 Å². The minimum absolute atomic E-state index is 0.0951. The van der Waals surface area contributed by atoms with E-state index in [1.807, 2.05) is 0 Å². The Morgan fingerprint density at radius 2 is 1.95 bits per heavy atom. The third-order valence-corrected chi connectivity index (χ3v) is 4.64. The fourth-order valence-corrected chi connectivity index (χ4v) is 3.04. The van der Waals surface area contributed by atoms with Gasteiger partial charge < -0.3 is 16.4 Å². The molecule has 2 aliphatic heterocycles. The van der Waals surface area contributed by atoms with Gasteiger partial charge >= 0.3 is 0 Å². The first-order chi connectivity index (χ1) is 9.47. The van der Waals surface area contributed by atoms with Crippen molar-refractivity contribution in [3.8, 4) is 0 Å². The Balaban J connectivity index is 1.84. The van der Waals surface area contributed by atoms with E-state index < -0.39 is 0 Å². The molecule has 2 rings (SSSR count). The Hall–Kier alpha value is -1.14. The predicted molar refractivity (Wildman–Crippen MR) is 76.7 cm³/mol. The second-order valence-electron chi connectivity index (χ2n) is 6.25. The van der Waals surface area contributed by atoms with E-state index in [1.165, 1.54) is 0 Å². The molecule has 0 spiro atoms. The van der Waals surface area contributed by atoms with Crippen LogP contribution < -0.4 is 11.5 Å². The van der Waals surface area contributed by atoms with Gasteiger partial charge in [-0.3, -0.25) is 14.5 Å². The number of hydrogen-bond acceptors (Lipinski definition) is 4. The fourth-order valence-electron chi connectivity index (χ4n) is 3.04. The van der Waals surface area contributed by atoms with Crippen molar-refractivity contribution in [2.45, 2.75) is 32.2 Å². The van der Waals surface area contributed by atoms with Gasteiger partial charge in [0.1, 0.15) is 0 Å². The summed E-state index contributed by atoms with van der Waals surface area (Å²) in [6.07, 6.45) is 2.69. The van der Waals surface area contributed by atoms with Gasteiger partial charge in [0.05, 0.1) is 12.5 Å². The molecule has 0 radical (unpaired) electrons. The highest BCUT2D eigenvalue weighted by Crippen LogP contribution is 2.18. The summed E-state index contributed by atoms with van der Waals surface area (Å²) in [5, 5.41) is 0. The summed E-state index contributed by atoms with van der Waals surface area (Å²) >= 11 is 0. The van der Waals surface area contributed by atoms with E-state index in [0.717, 1.165) is 38.9 Å². The molecule has 4 N–H and O–H groups in total. The first-order valence-corrected chi connectivity index (χ1v) is 7.52. The predicted octanol–water partition coefficient (Wildman–Crippen LogP) is -0.621. The Morgan fingerprint density at radius 1 is 1.20 bits per heavy atom. The lowest BCUT2D eigenvalue weighted by molar-refractivity contribution is -0.136. The average molecular weight is 282 g/mol. The van der Waals surface area contributed by atoms with Crippen molar-refractivity contribution in [3.63, 3.8) is 0 Å². The van der Waals surface area contributed by atoms with Crippen molar-refractivity contribution in [2.24, 2.45) is 23.3 Å². The number of nitrogens with zero attached hydrogens (tertiary/aromatic N) is 2. The topological polar surface area (TPSA) is 92.7 Å². The second-order valence-corrected chi connectivity index (χ2v) is 6.25. The van der Waals surface area contributed by atoms with Crippen molar-refractivity contribution >= 4 is 11.8 Å². The summed E-state index contributed by atoms with van der Waals surface area (Å²) in [6, 6.07) is 0.149. The van der Waals surface area contributed by atoms with Gasteiger partial charge in [-0.15, -0.1) is 0 Å². The van der Waals surface area contributed by atoms with Crippen LogP contribution in [-0.4, -0.2) is 60.4 Å². The summed E-state index contributed by atoms with van der Waals surface area (Å²) in [5.41, 5.74) is 11.4. The number of piperidine rings is 2. The fraction of sp³-hybridized carbons (Fsp3) is 0.857. The molecule has 2 heterocycles. The summed E-state index contributed by atoms with van der Waals surface area (Å²) < 4.78 is 0. The maximum atomic E-state index is 12.3. The Morgan fingerprint density at radius 3 is 2.60 bits per heavy atom. The molecule has 0 bridgehead atoms. The molecule has 0 aliphatic carbocycles. The highest BCUT2D eigenvalue weighted by molar-refractivity contribution is 5.81. The minimum Gasteiger partial charge on any atom is -0.369 e. The van der Waals surface area contributed by atoms with Crippen LogP contribution in [0.2, 0.25) is 0 Å². The maximum Gasteiger partial charge on any atom is 0.236 e. The van der Waals surface area contributed by atoms with E-state index in [2.05, 4.69) is 11.8 Å². The second kappa shape index (κ2) is 6.54. The molecule has 2 fully saturated rings. The highest BCUT2D eigenvalue weighted by Gasteiger charge is 2.29. The van der Waals surface area contributed by atoms with Crippen molar-refractivity contribution in [3.05, 3.63) is 0 Å². The Labute approximate surface area is 120 Å². The van der Waals surface area contributed by atoms with Gasteiger partial charge in [0.25, 0.3) is 0 Å². The number of amides is 2. The molecule has 3 unspecified atom stereocenters. The SMILES string of the molecule is CC1CCN(CC(=O)N2CCCC(C(N)=O)C2)CC1N. The summed E-state index contributed by atoms with van der Waals surface area (Å²) in [4.78, 5) is 27.5. The van der Waals surface area contributed by atoms with Crippen molar-refractivity contribution in [1.82, 2.24) is 9.80 Å². The molecule has 2 aliphatic rings. The number of nitrogens with two attached hydrogens (primary N) is 2. The third kappa shape index (κ3) is 3.70. The van der Waals surface area contributed by atoms with Crippen molar-refractivity contribution in [2.75, 3.05) is 32.7 Å². The summed E-state index contributed by atoms with van der Waals surface area (Å²) in [6.45, 7) is 5.48. The lowest BCUT2D eigenvalue weighted by atomic mass is 9.94. The molecule has 0 aromatic heterocycles. The summed E-state index contributed by atoms with van der Waals surface area (Å²) in [5.74, 6) is 0.140. The lowest BCUT2D eigenvalue weighted by Crippen LogP contribution is -2.52. The van der Waals surface area contributed by atoms with Crippen molar-refractivity contribution in [1.29, 1.82) is 0 Å². The first kappa shape index (κ1) is 15.3. The van der Waals surface area contributed by atoms with E-state index in [-0.39, 0.29) is 23.8 Å². The van der Waals surface area contributed by atoms with Crippen LogP contribution in [0.1, 0.15) is 26.2 Å². The summed E-state index contributed by atoms with van der Waals surface area (Å²) in [7, 11) is 0. The van der Waals surface area contributed by atoms with Gasteiger partial charge in [-0.05, 0) is 31.7 Å². The third-order valence-electron chi connectivity index (χ3n) is 4.64. The first-order valence-electron chi connectivity index (χ1n) is 7.52. The number of carbonyl (C=O) groups excluding carboxylic acids is 2. The van der Waals surface area contributed by atoms with Crippen LogP contribution in [0.4, 0.5) is 0 Å². The Bertz CT molecular complexity index is 374. The van der Waals surface area contributed by atoms with E-state index in [9.17, 15) is 9.59 Å². The quantitative estimate of drug-likeness (QED) is 0.721. The normalized spacial score (nSPS) is 32.1. The van der Waals surface area contributed by atoms with Gasteiger partial charge in [0.15, 0.2) is 0 Å². The van der Waals surface area contributed by atoms with E-state index in [1.54, 1.807) is 4.90 Å². The van der Waals surface area contributed by atoms with Gasteiger partial charge in [0.2, 0.25) is 11.8 Å². The van der Waals surface area contributed by atoms with Crippen LogP contribution in [0, 0.1) is 11.8 Å². The molecular formula is C14H26N4O2. The average Bonchev–Trinajstić information content (AvgIpc) is 2.43. The molecule has 20 heavy (non-hydrogen) atoms. The monoisotopic (exact) mass is 282 g/mol. The largest absolute Gasteiger partial charge is 0.369 e. The molecule has 3 atom stereocenters. The zero-order valence-corrected chi connectivity index (χ0v) is 12.3. The molecule has 2 saturated heterocycles. The van der Waals surface area contributed by atoms with Crippen molar-refractivity contribution < 1.29 is 9.59 Å². The maximum absolute atomic E-state index is 12.3. The Kier molecular flexibility index (Phi) is 4.99. The molecule has 0 saturated carbocycles. The molecule has 2 amide bonds. The smallest absolute Gasteiger partial charge is 0.236 e. The van der Waals surface area contributed by atoms with Crippen LogP contribution in [0.3, 0.4) is 0 Å². The van der Waals surface area contributed by atoms with E-state index in [4.69, 9.17) is 11.5 Å². The number of carbonyl (C=O) groups is 2. The highest BCUT2D eigenvalue weighted by atomic mass is 16.2. The number of primary amides is 1. The minimum atomic E-state index is -0.295. The molecule has 6 nitrogen and oxygen atoms in total. The van der Waals surface area contributed by atoms with Gasteiger partial charge in [0, 0.05) is 25.7 Å². The zero-order chi connectivity index (χ0) is 14.7.